The number of allylic oxidation sites excluding steroid dienone is 1. The second kappa shape index (κ2) is 5.34. The summed E-state index contributed by atoms with van der Waals surface area (Å²) >= 11 is 0. The molecule has 0 unspecified atom stereocenters. The predicted molar refractivity (Wildman–Crippen MR) is 57.9 cm³/mol. The SMILES string of the molecule is C=CCC1CCC(/C=B\C)CC1. The van der Waals surface area contributed by atoms with Crippen molar-refractivity contribution in [1.82, 2.24) is 0 Å². The van der Waals surface area contributed by atoms with Crippen LogP contribution in [0.25, 0.3) is 0 Å². The molecule has 0 radical (unpaired) electrons. The third-order valence-corrected chi connectivity index (χ3v) is 2.86. The Bertz CT molecular complexity index is 152. The normalized spacial score (nSPS) is 30.1. The molecular formula is C11H19B. The van der Waals surface area contributed by atoms with Gasteiger partial charge < -0.3 is 0 Å². The van der Waals surface area contributed by atoms with Crippen LogP contribution in [-0.2, 0) is 0 Å². The zero-order valence-corrected chi connectivity index (χ0v) is 8.13. The van der Waals surface area contributed by atoms with E-state index < -0.39 is 0 Å². The van der Waals surface area contributed by atoms with Crippen molar-refractivity contribution in [2.75, 3.05) is 0 Å². The Morgan fingerprint density at radius 3 is 2.50 bits per heavy atom. The zero-order chi connectivity index (χ0) is 8.81. The van der Waals surface area contributed by atoms with Crippen LogP contribution in [0.3, 0.4) is 0 Å². The van der Waals surface area contributed by atoms with Gasteiger partial charge in [-0.25, -0.2) is 0 Å². The van der Waals surface area contributed by atoms with Crippen LogP contribution in [0.5, 0.6) is 0 Å². The Balaban J connectivity index is 2.24. The Morgan fingerprint density at radius 2 is 2.00 bits per heavy atom. The number of hydrogen-bond acceptors (Lipinski definition) is 0. The molecule has 0 atom stereocenters. The van der Waals surface area contributed by atoms with Crippen LogP contribution in [0, 0.1) is 11.8 Å². The second-order valence-corrected chi connectivity index (χ2v) is 3.83. The summed E-state index contributed by atoms with van der Waals surface area (Å²) in [6.45, 7) is 8.11. The molecule has 66 valence electrons. The molecule has 1 fully saturated rings. The van der Waals surface area contributed by atoms with E-state index in [0.717, 1.165) is 11.8 Å². The molecule has 1 aliphatic rings. The van der Waals surface area contributed by atoms with Crippen LogP contribution >= 0.6 is 0 Å². The Labute approximate surface area is 77.0 Å². The minimum atomic E-state index is 0.871. The minimum absolute atomic E-state index is 0.871. The molecule has 0 aromatic carbocycles. The van der Waals surface area contributed by atoms with Gasteiger partial charge in [0.1, 0.15) is 0 Å². The third kappa shape index (κ3) is 2.96. The van der Waals surface area contributed by atoms with Gasteiger partial charge in [-0.3, -0.25) is 0 Å². The molecule has 1 saturated carbocycles. The van der Waals surface area contributed by atoms with Crippen molar-refractivity contribution in [3.8, 4) is 0 Å². The molecule has 0 spiro atoms. The van der Waals surface area contributed by atoms with Gasteiger partial charge in [-0.15, -0.1) is 0 Å². The van der Waals surface area contributed by atoms with Gasteiger partial charge in [0.05, 0.1) is 0 Å². The summed E-state index contributed by atoms with van der Waals surface area (Å²) in [5.41, 5.74) is 0. The average molecular weight is 162 g/mol. The average Bonchev–Trinajstić information content (AvgIpc) is 2.09. The van der Waals surface area contributed by atoms with E-state index in [-0.39, 0.29) is 0 Å². The molecule has 0 N–H and O–H groups in total. The monoisotopic (exact) mass is 162 g/mol. The fraction of sp³-hybridized carbons (Fsp3) is 0.727. The van der Waals surface area contributed by atoms with E-state index in [1.165, 1.54) is 32.1 Å². The summed E-state index contributed by atoms with van der Waals surface area (Å²) in [5.74, 6) is 4.17. The van der Waals surface area contributed by atoms with Crippen molar-refractivity contribution in [2.24, 2.45) is 11.8 Å². The first-order chi connectivity index (χ1) is 5.86. The van der Waals surface area contributed by atoms with Crippen molar-refractivity contribution >= 4 is 12.9 Å². The molecule has 0 aromatic heterocycles. The van der Waals surface area contributed by atoms with Crippen LogP contribution < -0.4 is 0 Å². The van der Waals surface area contributed by atoms with Crippen molar-refractivity contribution in [3.05, 3.63) is 12.7 Å². The van der Waals surface area contributed by atoms with E-state index in [2.05, 4.69) is 32.4 Å². The van der Waals surface area contributed by atoms with Crippen molar-refractivity contribution in [2.45, 2.75) is 38.9 Å². The summed E-state index contributed by atoms with van der Waals surface area (Å²) < 4.78 is 0. The van der Waals surface area contributed by atoms with Crippen LogP contribution in [0.15, 0.2) is 12.7 Å². The Hall–Kier alpha value is -0.325. The quantitative estimate of drug-likeness (QED) is 0.442. The topological polar surface area (TPSA) is 0 Å². The summed E-state index contributed by atoms with van der Waals surface area (Å²) in [4.78, 5) is 0. The van der Waals surface area contributed by atoms with Crippen LogP contribution in [0.1, 0.15) is 32.1 Å². The third-order valence-electron chi connectivity index (χ3n) is 2.86. The van der Waals surface area contributed by atoms with E-state index in [0.29, 0.717) is 0 Å². The fourth-order valence-corrected chi connectivity index (χ4v) is 2.12. The fourth-order valence-electron chi connectivity index (χ4n) is 2.12. The van der Waals surface area contributed by atoms with E-state index >= 15 is 0 Å². The number of hydrogen-bond donors (Lipinski definition) is 0. The predicted octanol–water partition coefficient (Wildman–Crippen LogP) is 2.92. The Morgan fingerprint density at radius 1 is 1.33 bits per heavy atom. The van der Waals surface area contributed by atoms with E-state index in [1.54, 1.807) is 0 Å². The van der Waals surface area contributed by atoms with Gasteiger partial charge in [0.15, 0.2) is 0 Å². The standard InChI is InChI=1S/C11H19B/c1-3-4-10-5-7-11(8-6-10)9-12-2/h3,9-11H,1,4-8H2,2H3. The molecule has 0 nitrogen and oxygen atoms in total. The van der Waals surface area contributed by atoms with Gasteiger partial charge in [-0.1, -0.05) is 0 Å². The molecule has 12 heavy (non-hydrogen) atoms. The first kappa shape index (κ1) is 9.76. The summed E-state index contributed by atoms with van der Waals surface area (Å²) in [5, 5.41) is 0. The van der Waals surface area contributed by atoms with Crippen LogP contribution in [0.2, 0.25) is 6.82 Å². The molecule has 0 amide bonds. The van der Waals surface area contributed by atoms with Crippen LogP contribution in [0.4, 0.5) is 0 Å². The number of rotatable bonds is 3. The van der Waals surface area contributed by atoms with Crippen molar-refractivity contribution < 1.29 is 0 Å². The Kier molecular flexibility index (Phi) is 4.35. The molecule has 0 aromatic rings. The first-order valence-corrected chi connectivity index (χ1v) is 5.10. The molecule has 0 saturated heterocycles. The molecule has 0 heterocycles. The van der Waals surface area contributed by atoms with Crippen molar-refractivity contribution in [1.29, 1.82) is 0 Å². The van der Waals surface area contributed by atoms with Crippen molar-refractivity contribution in [3.63, 3.8) is 0 Å². The van der Waals surface area contributed by atoms with E-state index in [4.69, 9.17) is 0 Å². The summed E-state index contributed by atoms with van der Waals surface area (Å²) in [7, 11) is 0. The molecule has 0 bridgehead atoms. The maximum absolute atomic E-state index is 3.80. The van der Waals surface area contributed by atoms with Gasteiger partial charge in [0.2, 0.25) is 0 Å². The zero-order valence-electron chi connectivity index (χ0n) is 8.13. The maximum atomic E-state index is 3.80. The van der Waals surface area contributed by atoms with E-state index in [9.17, 15) is 0 Å². The summed E-state index contributed by atoms with van der Waals surface area (Å²) in [6.07, 6.45) is 8.89. The summed E-state index contributed by atoms with van der Waals surface area (Å²) in [6, 6.07) is 0. The molecule has 1 rings (SSSR count). The molecule has 1 heteroatoms. The van der Waals surface area contributed by atoms with Gasteiger partial charge in [0.25, 0.3) is 0 Å². The van der Waals surface area contributed by atoms with Gasteiger partial charge in [-0.05, 0) is 0 Å². The first-order valence-electron chi connectivity index (χ1n) is 5.10. The van der Waals surface area contributed by atoms with Gasteiger partial charge in [-0.2, -0.15) is 0 Å². The second-order valence-electron chi connectivity index (χ2n) is 3.83. The molecular weight excluding hydrogens is 143 g/mol. The van der Waals surface area contributed by atoms with E-state index in [1.807, 2.05) is 0 Å². The van der Waals surface area contributed by atoms with Gasteiger partial charge >= 0.3 is 76.3 Å². The van der Waals surface area contributed by atoms with Gasteiger partial charge in [0, 0.05) is 0 Å². The molecule has 1 aliphatic carbocycles. The molecule has 0 aliphatic heterocycles. The van der Waals surface area contributed by atoms with Crippen LogP contribution in [-0.4, -0.2) is 12.9 Å².